The molecule has 0 bridgehead atoms. The molecule has 7 nitrogen and oxygen atoms in total. The minimum atomic E-state index is -0.0810. The zero-order valence-corrected chi connectivity index (χ0v) is 14.3. The Hall–Kier alpha value is -2.02. The van der Waals surface area contributed by atoms with E-state index in [1.165, 1.54) is 0 Å². The molecule has 2 fully saturated rings. The zero-order valence-electron chi connectivity index (χ0n) is 14.3. The number of amides is 2. The lowest BCUT2D eigenvalue weighted by molar-refractivity contribution is -0.132. The third-order valence-corrected chi connectivity index (χ3v) is 4.73. The van der Waals surface area contributed by atoms with Crippen molar-refractivity contribution in [2.75, 3.05) is 32.8 Å². The first-order valence-electron chi connectivity index (χ1n) is 8.55. The topological polar surface area (TPSA) is 75.6 Å². The van der Waals surface area contributed by atoms with Crippen molar-refractivity contribution in [2.45, 2.75) is 39.2 Å². The Morgan fingerprint density at radius 1 is 1.21 bits per heavy atom. The van der Waals surface area contributed by atoms with Crippen molar-refractivity contribution in [3.63, 3.8) is 0 Å². The van der Waals surface area contributed by atoms with Crippen LogP contribution in [0.1, 0.15) is 54.1 Å². The lowest BCUT2D eigenvalue weighted by atomic mass is 10.0. The summed E-state index contributed by atoms with van der Waals surface area (Å²) in [6, 6.07) is -0.0810. The fourth-order valence-corrected chi connectivity index (χ4v) is 3.37. The summed E-state index contributed by atoms with van der Waals surface area (Å²) in [6.07, 6.45) is 4.56. The van der Waals surface area contributed by atoms with Crippen LogP contribution in [0.3, 0.4) is 0 Å². The average Bonchev–Trinajstić information content (AvgIpc) is 2.62. The van der Waals surface area contributed by atoms with Gasteiger partial charge in [0.25, 0.3) is 5.91 Å². The van der Waals surface area contributed by atoms with Crippen LogP contribution in [0, 0.1) is 6.92 Å². The summed E-state index contributed by atoms with van der Waals surface area (Å²) < 4.78 is 5.29. The first kappa shape index (κ1) is 16.8. The van der Waals surface area contributed by atoms with Crippen LogP contribution in [0.4, 0.5) is 0 Å². The number of carbonyl (C=O) groups is 2. The maximum absolute atomic E-state index is 12.6. The molecular formula is C17H24N4O3. The second-order valence-electron chi connectivity index (χ2n) is 6.36. The molecule has 130 valence electrons. The van der Waals surface area contributed by atoms with Crippen molar-refractivity contribution in [3.8, 4) is 0 Å². The number of piperidine rings is 1. The van der Waals surface area contributed by atoms with Gasteiger partial charge in [0.1, 0.15) is 0 Å². The minimum Gasteiger partial charge on any atom is -0.378 e. The second kappa shape index (κ2) is 7.25. The molecule has 0 N–H and O–H groups in total. The summed E-state index contributed by atoms with van der Waals surface area (Å²) in [7, 11) is 0. The smallest absolute Gasteiger partial charge is 0.257 e. The Bertz CT molecular complexity index is 628. The third kappa shape index (κ3) is 3.40. The van der Waals surface area contributed by atoms with Gasteiger partial charge in [0, 0.05) is 32.8 Å². The van der Waals surface area contributed by atoms with E-state index >= 15 is 0 Å². The van der Waals surface area contributed by atoms with Crippen LogP contribution in [0.2, 0.25) is 0 Å². The lowest BCUT2D eigenvalue weighted by Crippen LogP contribution is -2.41. The van der Waals surface area contributed by atoms with E-state index in [1.54, 1.807) is 18.0 Å². The van der Waals surface area contributed by atoms with Crippen LogP contribution >= 0.6 is 0 Å². The molecule has 1 unspecified atom stereocenters. The van der Waals surface area contributed by atoms with Gasteiger partial charge < -0.3 is 14.5 Å². The summed E-state index contributed by atoms with van der Waals surface area (Å²) >= 11 is 0. The van der Waals surface area contributed by atoms with E-state index in [1.807, 2.05) is 11.8 Å². The molecule has 1 aromatic heterocycles. The molecule has 1 aromatic rings. The molecule has 0 aliphatic carbocycles. The summed E-state index contributed by atoms with van der Waals surface area (Å²) in [6.45, 7) is 6.50. The van der Waals surface area contributed by atoms with Gasteiger partial charge in [-0.05, 0) is 26.2 Å². The van der Waals surface area contributed by atoms with Gasteiger partial charge in [-0.1, -0.05) is 0 Å². The van der Waals surface area contributed by atoms with Crippen LogP contribution in [-0.4, -0.2) is 64.4 Å². The van der Waals surface area contributed by atoms with Gasteiger partial charge in [0.2, 0.25) is 5.91 Å². The molecular weight excluding hydrogens is 308 g/mol. The van der Waals surface area contributed by atoms with Crippen LogP contribution < -0.4 is 0 Å². The van der Waals surface area contributed by atoms with Crippen molar-refractivity contribution in [1.82, 2.24) is 19.8 Å². The van der Waals surface area contributed by atoms with Gasteiger partial charge in [-0.2, -0.15) is 0 Å². The minimum absolute atomic E-state index is 0.0468. The summed E-state index contributed by atoms with van der Waals surface area (Å²) in [5, 5.41) is 0. The highest BCUT2D eigenvalue weighted by Crippen LogP contribution is 2.29. The van der Waals surface area contributed by atoms with E-state index in [9.17, 15) is 9.59 Å². The Morgan fingerprint density at radius 2 is 1.96 bits per heavy atom. The zero-order chi connectivity index (χ0) is 17.1. The summed E-state index contributed by atoms with van der Waals surface area (Å²) in [4.78, 5) is 37.1. The van der Waals surface area contributed by atoms with Gasteiger partial charge in [0.05, 0.1) is 30.5 Å². The molecule has 0 radical (unpaired) electrons. The van der Waals surface area contributed by atoms with Crippen LogP contribution in [-0.2, 0) is 9.53 Å². The summed E-state index contributed by atoms with van der Waals surface area (Å²) in [5.74, 6) is 0.643. The molecule has 0 spiro atoms. The molecule has 7 heteroatoms. The molecule has 2 amide bonds. The predicted octanol–water partition coefficient (Wildman–Crippen LogP) is 1.33. The number of aryl methyl sites for hydroxylation is 1. The number of hydrogen-bond acceptors (Lipinski definition) is 5. The molecule has 2 aliphatic rings. The van der Waals surface area contributed by atoms with Crippen LogP contribution in [0.25, 0.3) is 0 Å². The average molecular weight is 332 g/mol. The summed E-state index contributed by atoms with van der Waals surface area (Å²) in [5.41, 5.74) is 1.21. The highest BCUT2D eigenvalue weighted by Gasteiger charge is 2.29. The monoisotopic (exact) mass is 332 g/mol. The Labute approximate surface area is 142 Å². The number of aromatic nitrogens is 2. The predicted molar refractivity (Wildman–Crippen MR) is 87.5 cm³/mol. The number of carbonyl (C=O) groups excluding carboxylic acids is 2. The van der Waals surface area contributed by atoms with Crippen molar-refractivity contribution < 1.29 is 14.3 Å². The number of ether oxygens (including phenoxy) is 1. The standard InChI is InChI=1S/C17H24N4O3/c1-12-14(17(23)20-7-9-24-10-8-20)11-18-16(19-12)15-5-3-4-6-21(15)13(2)22/h11,15H,3-10H2,1-2H3. The largest absolute Gasteiger partial charge is 0.378 e. The lowest BCUT2D eigenvalue weighted by Gasteiger charge is -2.34. The Balaban J connectivity index is 1.81. The Kier molecular flexibility index (Phi) is 5.08. The van der Waals surface area contributed by atoms with E-state index in [0.29, 0.717) is 43.4 Å². The molecule has 3 rings (SSSR count). The van der Waals surface area contributed by atoms with Crippen LogP contribution in [0.15, 0.2) is 6.20 Å². The van der Waals surface area contributed by atoms with Gasteiger partial charge in [-0.15, -0.1) is 0 Å². The van der Waals surface area contributed by atoms with Crippen molar-refractivity contribution >= 4 is 11.8 Å². The van der Waals surface area contributed by atoms with E-state index < -0.39 is 0 Å². The number of morpholine rings is 1. The second-order valence-corrected chi connectivity index (χ2v) is 6.36. The quantitative estimate of drug-likeness (QED) is 0.817. The van der Waals surface area contributed by atoms with Crippen LogP contribution in [0.5, 0.6) is 0 Å². The van der Waals surface area contributed by atoms with Crippen molar-refractivity contribution in [2.24, 2.45) is 0 Å². The van der Waals surface area contributed by atoms with Gasteiger partial charge in [-0.3, -0.25) is 9.59 Å². The molecule has 0 aromatic carbocycles. The maximum atomic E-state index is 12.6. The van der Waals surface area contributed by atoms with E-state index in [0.717, 1.165) is 25.8 Å². The number of nitrogens with zero attached hydrogens (tertiary/aromatic N) is 4. The fraction of sp³-hybridized carbons (Fsp3) is 0.647. The van der Waals surface area contributed by atoms with E-state index in [4.69, 9.17) is 4.74 Å². The molecule has 0 saturated carbocycles. The normalized spacial score (nSPS) is 21.7. The maximum Gasteiger partial charge on any atom is 0.257 e. The third-order valence-electron chi connectivity index (χ3n) is 4.73. The van der Waals surface area contributed by atoms with Gasteiger partial charge >= 0.3 is 0 Å². The molecule has 24 heavy (non-hydrogen) atoms. The molecule has 2 aliphatic heterocycles. The molecule has 3 heterocycles. The molecule has 1 atom stereocenters. The number of hydrogen-bond donors (Lipinski definition) is 0. The first-order valence-corrected chi connectivity index (χ1v) is 8.55. The van der Waals surface area contributed by atoms with Crippen molar-refractivity contribution in [3.05, 3.63) is 23.3 Å². The Morgan fingerprint density at radius 3 is 2.62 bits per heavy atom. The first-order chi connectivity index (χ1) is 11.6. The van der Waals surface area contributed by atoms with Crippen molar-refractivity contribution in [1.29, 1.82) is 0 Å². The SMILES string of the molecule is CC(=O)N1CCCCC1c1ncc(C(=O)N2CCOCC2)c(C)n1. The van der Waals surface area contributed by atoms with Gasteiger partial charge in [0.15, 0.2) is 5.82 Å². The number of likely N-dealkylation sites (tertiary alicyclic amines) is 1. The van der Waals surface area contributed by atoms with E-state index in [2.05, 4.69) is 9.97 Å². The van der Waals surface area contributed by atoms with Gasteiger partial charge in [-0.25, -0.2) is 9.97 Å². The van der Waals surface area contributed by atoms with E-state index in [-0.39, 0.29) is 17.9 Å². The number of rotatable bonds is 2. The fourth-order valence-electron chi connectivity index (χ4n) is 3.37. The highest BCUT2D eigenvalue weighted by atomic mass is 16.5. The molecule has 2 saturated heterocycles. The highest BCUT2D eigenvalue weighted by molar-refractivity contribution is 5.95.